The van der Waals surface area contributed by atoms with Gasteiger partial charge in [0.05, 0.1) is 17.2 Å². The highest BCUT2D eigenvalue weighted by molar-refractivity contribution is 7.91. The summed E-state index contributed by atoms with van der Waals surface area (Å²) >= 11 is 5.98. The van der Waals surface area contributed by atoms with Gasteiger partial charge in [0.15, 0.2) is 9.84 Å². The molecule has 3 rings (SSSR count). The number of alkyl halides is 6. The van der Waals surface area contributed by atoms with Gasteiger partial charge >= 0.3 is 12.5 Å². The SMILES string of the molecule is CCS(=O)(=O)c1ccc(Cl)cc1CNC(=O)c1cc(OC(F)(F)F)cc(N2CCN(CC(F)(F)F)CC2)c1. The summed E-state index contributed by atoms with van der Waals surface area (Å²) in [5, 5.41) is 2.70. The molecule has 2 aromatic carbocycles. The first-order chi connectivity index (χ1) is 17.6. The normalized spacial score (nSPS) is 15.4. The number of nitrogens with one attached hydrogen (secondary N) is 1. The molecule has 15 heteroatoms. The maximum atomic E-state index is 12.9. The van der Waals surface area contributed by atoms with E-state index in [2.05, 4.69) is 10.1 Å². The summed E-state index contributed by atoms with van der Waals surface area (Å²) in [7, 11) is -3.66. The zero-order chi connectivity index (χ0) is 28.3. The summed E-state index contributed by atoms with van der Waals surface area (Å²) in [6.45, 7) is 0.224. The van der Waals surface area contributed by atoms with Crippen molar-refractivity contribution >= 4 is 33.0 Å². The molecular weight excluding hydrogens is 564 g/mol. The molecular formula is C23H24ClF6N3O4S. The minimum absolute atomic E-state index is 0.00877. The summed E-state index contributed by atoms with van der Waals surface area (Å²) < 4.78 is 106. The van der Waals surface area contributed by atoms with Gasteiger partial charge in [-0.1, -0.05) is 18.5 Å². The minimum Gasteiger partial charge on any atom is -0.406 e. The Morgan fingerprint density at radius 2 is 1.68 bits per heavy atom. The lowest BCUT2D eigenvalue weighted by atomic mass is 10.1. The third-order valence-corrected chi connectivity index (χ3v) is 7.77. The molecule has 0 unspecified atom stereocenters. The van der Waals surface area contributed by atoms with Crippen LogP contribution in [-0.4, -0.2) is 70.2 Å². The molecule has 0 aromatic heterocycles. The Morgan fingerprint density at radius 1 is 1.03 bits per heavy atom. The molecule has 38 heavy (non-hydrogen) atoms. The Morgan fingerprint density at radius 3 is 2.26 bits per heavy atom. The van der Waals surface area contributed by atoms with E-state index in [1.54, 1.807) is 4.90 Å². The molecule has 0 atom stereocenters. The number of carbonyl (C=O) groups is 1. The monoisotopic (exact) mass is 587 g/mol. The van der Waals surface area contributed by atoms with Crippen molar-refractivity contribution in [2.45, 2.75) is 30.9 Å². The zero-order valence-corrected chi connectivity index (χ0v) is 21.6. The fraction of sp³-hybridized carbons (Fsp3) is 0.435. The van der Waals surface area contributed by atoms with Gasteiger partial charge in [0.1, 0.15) is 5.75 Å². The van der Waals surface area contributed by atoms with Crippen LogP contribution in [0.4, 0.5) is 32.0 Å². The third-order valence-electron chi connectivity index (χ3n) is 5.70. The molecule has 1 aliphatic rings. The van der Waals surface area contributed by atoms with Crippen molar-refractivity contribution in [3.8, 4) is 5.75 Å². The van der Waals surface area contributed by atoms with Crippen LogP contribution < -0.4 is 15.0 Å². The number of sulfone groups is 1. The van der Waals surface area contributed by atoms with Crippen LogP contribution >= 0.6 is 11.6 Å². The highest BCUT2D eigenvalue weighted by Gasteiger charge is 2.34. The second-order valence-electron chi connectivity index (χ2n) is 8.48. The summed E-state index contributed by atoms with van der Waals surface area (Å²) in [5.41, 5.74) is 0.123. The van der Waals surface area contributed by atoms with Crippen molar-refractivity contribution in [3.05, 3.63) is 52.5 Å². The molecule has 210 valence electrons. The molecule has 1 amide bonds. The molecule has 1 saturated heterocycles. The Balaban J connectivity index is 1.83. The maximum Gasteiger partial charge on any atom is 0.573 e. The molecule has 0 bridgehead atoms. The van der Waals surface area contributed by atoms with Crippen LogP contribution in [-0.2, 0) is 16.4 Å². The van der Waals surface area contributed by atoms with Crippen LogP contribution in [0.25, 0.3) is 0 Å². The Kier molecular flexibility index (Phi) is 9.09. The van der Waals surface area contributed by atoms with Gasteiger partial charge in [0.25, 0.3) is 5.91 Å². The van der Waals surface area contributed by atoms with E-state index in [9.17, 15) is 39.6 Å². The van der Waals surface area contributed by atoms with E-state index in [-0.39, 0.29) is 65.2 Å². The fourth-order valence-electron chi connectivity index (χ4n) is 3.93. The van der Waals surface area contributed by atoms with E-state index in [0.717, 1.165) is 12.1 Å². The number of hydrogen-bond donors (Lipinski definition) is 1. The van der Waals surface area contributed by atoms with Crippen molar-refractivity contribution in [3.63, 3.8) is 0 Å². The summed E-state index contributed by atoms with van der Waals surface area (Å²) in [4.78, 5) is 15.6. The number of piperazine rings is 1. The van der Waals surface area contributed by atoms with Gasteiger partial charge < -0.3 is 15.0 Å². The first-order valence-corrected chi connectivity index (χ1v) is 13.3. The highest BCUT2D eigenvalue weighted by atomic mass is 35.5. The molecule has 7 nitrogen and oxygen atoms in total. The quantitative estimate of drug-likeness (QED) is 0.453. The molecule has 1 heterocycles. The van der Waals surface area contributed by atoms with E-state index >= 15 is 0 Å². The number of halogens is 7. The second kappa shape index (κ2) is 11.6. The maximum absolute atomic E-state index is 12.9. The van der Waals surface area contributed by atoms with Gasteiger partial charge in [-0.15, -0.1) is 13.2 Å². The number of benzene rings is 2. The molecule has 0 radical (unpaired) electrons. The predicted molar refractivity (Wildman–Crippen MR) is 128 cm³/mol. The number of amides is 1. The van der Waals surface area contributed by atoms with Gasteiger partial charge in [-0.3, -0.25) is 9.69 Å². The van der Waals surface area contributed by atoms with Gasteiger partial charge in [0, 0.05) is 55.1 Å². The van der Waals surface area contributed by atoms with Crippen LogP contribution in [0.3, 0.4) is 0 Å². The number of carbonyl (C=O) groups excluding carboxylic acids is 1. The number of rotatable bonds is 8. The third kappa shape index (κ3) is 8.40. The number of ether oxygens (including phenoxy) is 1. The number of hydrogen-bond acceptors (Lipinski definition) is 6. The lowest BCUT2D eigenvalue weighted by molar-refractivity contribution is -0.274. The van der Waals surface area contributed by atoms with E-state index in [1.165, 1.54) is 36.1 Å². The van der Waals surface area contributed by atoms with Crippen LogP contribution in [0.2, 0.25) is 5.02 Å². The molecule has 1 fully saturated rings. The molecule has 2 aromatic rings. The molecule has 0 aliphatic carbocycles. The second-order valence-corrected chi connectivity index (χ2v) is 11.2. The largest absolute Gasteiger partial charge is 0.573 e. The average Bonchev–Trinajstić information content (AvgIpc) is 2.80. The van der Waals surface area contributed by atoms with Crippen LogP contribution in [0.5, 0.6) is 5.75 Å². The van der Waals surface area contributed by atoms with Crippen LogP contribution in [0.15, 0.2) is 41.3 Å². The fourth-order valence-corrected chi connectivity index (χ4v) is 5.24. The standard InChI is InChI=1S/C23H24ClF6N3O4S/c1-2-38(35,36)20-4-3-17(24)9-16(20)13-31-21(34)15-10-18(12-19(11-15)37-23(28,29)30)33-7-5-32(6-8-33)14-22(25,26)27/h3-4,9-12H,2,5-8,13-14H2,1H3,(H,31,34). The predicted octanol–water partition coefficient (Wildman–Crippen LogP) is 4.65. The first-order valence-electron chi connectivity index (χ1n) is 11.3. The minimum atomic E-state index is -5.05. The van der Waals surface area contributed by atoms with Crippen molar-refractivity contribution in [1.29, 1.82) is 0 Å². The van der Waals surface area contributed by atoms with Crippen molar-refractivity contribution in [1.82, 2.24) is 10.2 Å². The van der Waals surface area contributed by atoms with E-state index in [0.29, 0.717) is 0 Å². The number of anilines is 1. The molecule has 1 aliphatic heterocycles. The Bertz CT molecular complexity index is 1260. The van der Waals surface area contributed by atoms with Gasteiger partial charge in [-0.2, -0.15) is 13.2 Å². The smallest absolute Gasteiger partial charge is 0.406 e. The lowest BCUT2D eigenvalue weighted by Crippen LogP contribution is -2.49. The number of nitrogens with zero attached hydrogens (tertiary/aromatic N) is 2. The van der Waals surface area contributed by atoms with Crippen molar-refractivity contribution in [2.24, 2.45) is 0 Å². The van der Waals surface area contributed by atoms with E-state index in [1.807, 2.05) is 0 Å². The summed E-state index contributed by atoms with van der Waals surface area (Å²) in [6, 6.07) is 7.25. The Labute approximate surface area is 220 Å². The molecule has 0 spiro atoms. The van der Waals surface area contributed by atoms with E-state index in [4.69, 9.17) is 11.6 Å². The van der Waals surface area contributed by atoms with Gasteiger partial charge in [-0.05, 0) is 35.9 Å². The summed E-state index contributed by atoms with van der Waals surface area (Å²) in [5.74, 6) is -1.71. The average molecular weight is 588 g/mol. The van der Waals surface area contributed by atoms with Crippen molar-refractivity contribution < 1.29 is 44.3 Å². The van der Waals surface area contributed by atoms with Gasteiger partial charge in [0.2, 0.25) is 0 Å². The van der Waals surface area contributed by atoms with Crippen LogP contribution in [0, 0.1) is 0 Å². The molecule has 1 N–H and O–H groups in total. The zero-order valence-electron chi connectivity index (χ0n) is 20.0. The highest BCUT2D eigenvalue weighted by Crippen LogP contribution is 2.30. The Hall–Kier alpha value is -2.71. The van der Waals surface area contributed by atoms with Crippen molar-refractivity contribution in [2.75, 3.05) is 43.4 Å². The van der Waals surface area contributed by atoms with E-state index < -0.39 is 40.6 Å². The van der Waals surface area contributed by atoms with Crippen LogP contribution in [0.1, 0.15) is 22.8 Å². The topological polar surface area (TPSA) is 78.9 Å². The molecule has 0 saturated carbocycles. The lowest BCUT2D eigenvalue weighted by Gasteiger charge is -2.36. The van der Waals surface area contributed by atoms with Gasteiger partial charge in [-0.25, -0.2) is 8.42 Å². The summed E-state index contributed by atoms with van der Waals surface area (Å²) in [6.07, 6.45) is -9.44. The first kappa shape index (κ1) is 29.8.